The molecule has 0 spiro atoms. The van der Waals surface area contributed by atoms with Crippen molar-refractivity contribution in [2.24, 2.45) is 5.92 Å². The third kappa shape index (κ3) is 3.28. The van der Waals surface area contributed by atoms with Crippen LogP contribution >= 0.6 is 0 Å². The molecule has 1 heterocycles. The van der Waals surface area contributed by atoms with Gasteiger partial charge in [-0.2, -0.15) is 5.26 Å². The lowest BCUT2D eigenvalue weighted by Crippen LogP contribution is -2.34. The molecular weight excluding hydrogens is 210 g/mol. The molecule has 1 fully saturated rings. The van der Waals surface area contributed by atoms with Gasteiger partial charge in [0.15, 0.2) is 0 Å². The number of pyridine rings is 1. The molecule has 0 saturated heterocycles. The lowest BCUT2D eigenvalue weighted by molar-refractivity contribution is 0.171. The maximum atomic E-state index is 8.88. The molecule has 0 radical (unpaired) electrons. The molecule has 0 bridgehead atoms. The fraction of sp³-hybridized carbons (Fsp3) is 0.571. The van der Waals surface area contributed by atoms with Gasteiger partial charge >= 0.3 is 0 Å². The molecule has 0 aromatic carbocycles. The van der Waals surface area contributed by atoms with Gasteiger partial charge in [-0.25, -0.2) is 0 Å². The van der Waals surface area contributed by atoms with Gasteiger partial charge in [0.2, 0.25) is 0 Å². The molecule has 2 rings (SSSR count). The minimum atomic E-state index is 0.290. The van der Waals surface area contributed by atoms with Crippen molar-refractivity contribution in [3.63, 3.8) is 0 Å². The zero-order valence-corrected chi connectivity index (χ0v) is 10.3. The molecule has 0 N–H and O–H groups in total. The average molecular weight is 229 g/mol. The molecular formula is C14H19N3. The standard InChI is InChI=1S/C14H19N3/c1-17(11-13-3-2-8-16-10-13)14-6-4-12(9-15)5-7-14/h2-3,8,10,12,14H,4-7,11H2,1H3. The Bertz CT molecular complexity index is 374. The molecule has 0 amide bonds. The predicted octanol–water partition coefficient (Wildman–Crippen LogP) is 2.60. The first kappa shape index (κ1) is 12.1. The highest BCUT2D eigenvalue weighted by Gasteiger charge is 2.23. The summed E-state index contributed by atoms with van der Waals surface area (Å²) < 4.78 is 0. The number of hydrogen-bond acceptors (Lipinski definition) is 3. The number of nitrogens with zero attached hydrogens (tertiary/aromatic N) is 3. The highest BCUT2D eigenvalue weighted by atomic mass is 15.1. The van der Waals surface area contributed by atoms with Crippen molar-refractivity contribution in [1.82, 2.24) is 9.88 Å². The van der Waals surface area contributed by atoms with E-state index < -0.39 is 0 Å². The second kappa shape index (κ2) is 5.79. The van der Waals surface area contributed by atoms with Crippen molar-refractivity contribution in [2.45, 2.75) is 38.3 Å². The topological polar surface area (TPSA) is 39.9 Å². The average Bonchev–Trinajstić information content (AvgIpc) is 2.40. The van der Waals surface area contributed by atoms with Crippen LogP contribution in [-0.4, -0.2) is 23.0 Å². The van der Waals surface area contributed by atoms with Crippen LogP contribution in [-0.2, 0) is 6.54 Å². The Morgan fingerprint density at radius 2 is 2.18 bits per heavy atom. The van der Waals surface area contributed by atoms with E-state index in [9.17, 15) is 0 Å². The SMILES string of the molecule is CN(Cc1cccnc1)C1CCC(C#N)CC1. The van der Waals surface area contributed by atoms with Crippen LogP contribution in [0.1, 0.15) is 31.2 Å². The summed E-state index contributed by atoms with van der Waals surface area (Å²) in [5.74, 6) is 0.290. The molecule has 1 aliphatic rings. The molecule has 17 heavy (non-hydrogen) atoms. The van der Waals surface area contributed by atoms with Gasteiger partial charge in [-0.3, -0.25) is 9.88 Å². The van der Waals surface area contributed by atoms with Crippen LogP contribution in [0.3, 0.4) is 0 Å². The number of hydrogen-bond donors (Lipinski definition) is 0. The van der Waals surface area contributed by atoms with Gasteiger partial charge in [-0.15, -0.1) is 0 Å². The van der Waals surface area contributed by atoms with Crippen LogP contribution in [0.5, 0.6) is 0 Å². The van der Waals surface area contributed by atoms with Gasteiger partial charge in [-0.05, 0) is 44.4 Å². The van der Waals surface area contributed by atoms with Crippen LogP contribution in [0.4, 0.5) is 0 Å². The predicted molar refractivity (Wildman–Crippen MR) is 67.1 cm³/mol. The van der Waals surface area contributed by atoms with E-state index in [1.165, 1.54) is 5.56 Å². The zero-order valence-electron chi connectivity index (χ0n) is 10.3. The van der Waals surface area contributed by atoms with E-state index in [2.05, 4.69) is 29.1 Å². The molecule has 1 saturated carbocycles. The summed E-state index contributed by atoms with van der Waals surface area (Å²) in [7, 11) is 2.17. The largest absolute Gasteiger partial charge is 0.299 e. The normalized spacial score (nSPS) is 24.5. The van der Waals surface area contributed by atoms with Gasteiger partial charge in [0.1, 0.15) is 0 Å². The first-order chi connectivity index (χ1) is 8.29. The maximum absolute atomic E-state index is 8.88. The molecule has 1 aliphatic carbocycles. The van der Waals surface area contributed by atoms with Gasteiger partial charge in [-0.1, -0.05) is 6.07 Å². The van der Waals surface area contributed by atoms with Crippen molar-refractivity contribution in [3.05, 3.63) is 30.1 Å². The highest BCUT2D eigenvalue weighted by Crippen LogP contribution is 2.27. The highest BCUT2D eigenvalue weighted by molar-refractivity contribution is 5.08. The number of rotatable bonds is 3. The Kier molecular flexibility index (Phi) is 4.11. The Labute approximate surface area is 103 Å². The Morgan fingerprint density at radius 3 is 2.76 bits per heavy atom. The second-order valence-electron chi connectivity index (χ2n) is 4.91. The van der Waals surface area contributed by atoms with E-state index in [0.29, 0.717) is 6.04 Å². The summed E-state index contributed by atoms with van der Waals surface area (Å²) in [6, 6.07) is 7.11. The summed E-state index contributed by atoms with van der Waals surface area (Å²) in [5, 5.41) is 8.88. The van der Waals surface area contributed by atoms with Crippen LogP contribution < -0.4 is 0 Å². The summed E-state index contributed by atoms with van der Waals surface area (Å²) in [4.78, 5) is 6.53. The van der Waals surface area contributed by atoms with E-state index in [1.54, 1.807) is 0 Å². The fourth-order valence-corrected chi connectivity index (χ4v) is 2.55. The molecule has 1 aromatic rings. The third-order valence-electron chi connectivity index (χ3n) is 3.66. The number of aromatic nitrogens is 1. The van der Waals surface area contributed by atoms with Crippen LogP contribution in [0.25, 0.3) is 0 Å². The zero-order chi connectivity index (χ0) is 12.1. The van der Waals surface area contributed by atoms with Crippen LogP contribution in [0, 0.1) is 17.2 Å². The van der Waals surface area contributed by atoms with Gasteiger partial charge in [0.25, 0.3) is 0 Å². The summed E-state index contributed by atoms with van der Waals surface area (Å²) in [5.41, 5.74) is 1.26. The Morgan fingerprint density at radius 1 is 1.41 bits per heavy atom. The van der Waals surface area contributed by atoms with E-state index in [-0.39, 0.29) is 5.92 Å². The summed E-state index contributed by atoms with van der Waals surface area (Å²) >= 11 is 0. The van der Waals surface area contributed by atoms with Gasteiger partial charge in [0.05, 0.1) is 6.07 Å². The molecule has 1 aromatic heterocycles. The molecule has 90 valence electrons. The molecule has 0 aliphatic heterocycles. The molecule has 3 heteroatoms. The smallest absolute Gasteiger partial charge is 0.0655 e. The summed E-state index contributed by atoms with van der Waals surface area (Å²) in [6.07, 6.45) is 8.14. The van der Waals surface area contributed by atoms with Crippen molar-refractivity contribution in [3.8, 4) is 6.07 Å². The molecule has 0 atom stereocenters. The van der Waals surface area contributed by atoms with E-state index in [1.807, 2.05) is 18.5 Å². The first-order valence-electron chi connectivity index (χ1n) is 6.28. The van der Waals surface area contributed by atoms with E-state index in [4.69, 9.17) is 5.26 Å². The molecule has 0 unspecified atom stereocenters. The third-order valence-corrected chi connectivity index (χ3v) is 3.66. The lowest BCUT2D eigenvalue weighted by Gasteiger charge is -2.32. The fourth-order valence-electron chi connectivity index (χ4n) is 2.55. The second-order valence-corrected chi connectivity index (χ2v) is 4.91. The van der Waals surface area contributed by atoms with Crippen molar-refractivity contribution in [1.29, 1.82) is 5.26 Å². The van der Waals surface area contributed by atoms with Crippen LogP contribution in [0.2, 0.25) is 0 Å². The van der Waals surface area contributed by atoms with Crippen LogP contribution in [0.15, 0.2) is 24.5 Å². The summed E-state index contributed by atoms with van der Waals surface area (Å²) in [6.45, 7) is 0.954. The monoisotopic (exact) mass is 229 g/mol. The minimum Gasteiger partial charge on any atom is -0.299 e. The van der Waals surface area contributed by atoms with E-state index >= 15 is 0 Å². The molecule has 3 nitrogen and oxygen atoms in total. The van der Waals surface area contributed by atoms with Gasteiger partial charge in [0, 0.05) is 30.9 Å². The van der Waals surface area contributed by atoms with Crippen molar-refractivity contribution >= 4 is 0 Å². The number of nitriles is 1. The van der Waals surface area contributed by atoms with Crippen molar-refractivity contribution < 1.29 is 0 Å². The van der Waals surface area contributed by atoms with Gasteiger partial charge < -0.3 is 0 Å². The Hall–Kier alpha value is -1.40. The Balaban J connectivity index is 1.85. The maximum Gasteiger partial charge on any atom is 0.0655 e. The minimum absolute atomic E-state index is 0.290. The first-order valence-corrected chi connectivity index (χ1v) is 6.28. The van der Waals surface area contributed by atoms with E-state index in [0.717, 1.165) is 32.2 Å². The quantitative estimate of drug-likeness (QED) is 0.799. The van der Waals surface area contributed by atoms with Crippen molar-refractivity contribution in [2.75, 3.05) is 7.05 Å². The lowest BCUT2D eigenvalue weighted by atomic mass is 9.86.